The fraction of sp³-hybridized carbons (Fsp3) is 0.250. The number of hydrogen-bond acceptors (Lipinski definition) is 10. The molecule has 14 nitrogen and oxygen atoms in total. The van der Waals surface area contributed by atoms with Crippen molar-refractivity contribution in [2.75, 3.05) is 20.3 Å². The lowest BCUT2D eigenvalue weighted by Gasteiger charge is -2.35. The lowest BCUT2D eigenvalue weighted by atomic mass is 9.93. The number of methoxy groups -OCH3 is 1. The third-order valence-electron chi connectivity index (χ3n) is 5.32. The van der Waals surface area contributed by atoms with Gasteiger partial charge in [-0.2, -0.15) is 0 Å². The largest absolute Gasteiger partial charge is 0.468 e. The third kappa shape index (κ3) is 5.90. The van der Waals surface area contributed by atoms with Crippen LogP contribution in [0.4, 0.5) is 16.2 Å². The molecule has 0 aliphatic carbocycles. The molecule has 3 rings (SSSR count). The van der Waals surface area contributed by atoms with Crippen LogP contribution in [0.15, 0.2) is 64.8 Å². The van der Waals surface area contributed by atoms with Gasteiger partial charge in [-0.1, -0.05) is 6.92 Å². The number of aliphatic imine (C=N–C) groups is 1. The number of non-ortho nitro benzene ring substituents is 2. The van der Waals surface area contributed by atoms with Gasteiger partial charge in [0.05, 0.1) is 28.2 Å². The molecule has 1 amide bonds. The molecule has 1 unspecified atom stereocenters. The van der Waals surface area contributed by atoms with Gasteiger partial charge in [0.25, 0.3) is 11.4 Å². The van der Waals surface area contributed by atoms with E-state index in [4.69, 9.17) is 20.8 Å². The molecule has 14 heteroatoms. The maximum Gasteiger partial charge on any atom is 0.424 e. The van der Waals surface area contributed by atoms with Crippen LogP contribution in [0, 0.1) is 26.8 Å². The van der Waals surface area contributed by atoms with Crippen molar-refractivity contribution in [3.8, 4) is 5.75 Å². The zero-order chi connectivity index (χ0) is 27.8. The van der Waals surface area contributed by atoms with Gasteiger partial charge in [0.1, 0.15) is 11.8 Å². The number of carbonyl (C=O) groups excluding carboxylic acids is 2. The normalized spacial score (nSPS) is 14.7. The van der Waals surface area contributed by atoms with Gasteiger partial charge in [-0.3, -0.25) is 20.2 Å². The van der Waals surface area contributed by atoms with Crippen LogP contribution in [0.2, 0.25) is 0 Å². The van der Waals surface area contributed by atoms with Crippen molar-refractivity contribution in [2.45, 2.75) is 19.4 Å². The number of amides is 1. The molecule has 1 atom stereocenters. The molecule has 0 N–H and O–H groups in total. The Balaban J connectivity index is 2.10. The summed E-state index contributed by atoms with van der Waals surface area (Å²) in [5.74, 6) is -0.883. The number of ether oxygens (including phenoxy) is 3. The van der Waals surface area contributed by atoms with Crippen LogP contribution in [0.1, 0.15) is 24.9 Å². The topological polar surface area (TPSA) is 168 Å². The van der Waals surface area contributed by atoms with Crippen molar-refractivity contribution in [3.63, 3.8) is 0 Å². The first-order chi connectivity index (χ1) is 18.2. The minimum Gasteiger partial charge on any atom is -0.468 e. The highest BCUT2D eigenvalue weighted by Crippen LogP contribution is 2.38. The molecular weight excluding hydrogens is 502 g/mol. The van der Waals surface area contributed by atoms with E-state index in [0.717, 1.165) is 17.0 Å². The van der Waals surface area contributed by atoms with Crippen LogP contribution in [0.3, 0.4) is 0 Å². The van der Waals surface area contributed by atoms with Gasteiger partial charge in [-0.15, -0.1) is 0 Å². The van der Waals surface area contributed by atoms with Gasteiger partial charge < -0.3 is 19.1 Å². The second kappa shape index (κ2) is 12.1. The Hall–Kier alpha value is -5.32. The quantitative estimate of drug-likeness (QED) is 0.162. The van der Waals surface area contributed by atoms with E-state index in [9.17, 15) is 29.8 Å². The minimum absolute atomic E-state index is 0.0371. The zero-order valence-electron chi connectivity index (χ0n) is 20.2. The summed E-state index contributed by atoms with van der Waals surface area (Å²) in [5.41, 5.74) is 0.0330. The van der Waals surface area contributed by atoms with E-state index < -0.39 is 28.0 Å². The SMILES string of the molecule is [C-]#[N+]CCOC(=O)C1=C(CC)N=C(OC)N(C(=O)Oc2ccc([N+](=O)[O-])cc2)C1c1ccc([N+](=O)[O-])cc1. The Kier molecular flexibility index (Phi) is 8.67. The molecule has 1 heterocycles. The lowest BCUT2D eigenvalue weighted by molar-refractivity contribution is -0.385. The second-order valence-electron chi connectivity index (χ2n) is 7.57. The standard InChI is InChI=1S/C24H21N5O9/c1-4-19-20(22(30)37-14-13-25-2)21(15-5-7-16(8-6-15)28(32)33)27(23(26-19)36-3)24(31)38-18-11-9-17(10-12-18)29(34)35/h5-12,21H,4,13-14H2,1,3H3. The highest BCUT2D eigenvalue weighted by molar-refractivity contribution is 6.00. The molecule has 2 aromatic carbocycles. The molecule has 0 bridgehead atoms. The number of allylic oxidation sites excluding steroid dienone is 1. The van der Waals surface area contributed by atoms with E-state index in [-0.39, 0.29) is 59.6 Å². The maximum absolute atomic E-state index is 13.4. The number of nitro benzene ring substituents is 2. The monoisotopic (exact) mass is 523 g/mol. The van der Waals surface area contributed by atoms with E-state index >= 15 is 0 Å². The summed E-state index contributed by atoms with van der Waals surface area (Å²) in [6.07, 6.45) is -0.820. The Morgan fingerprint density at radius 1 is 1.05 bits per heavy atom. The Labute approximate surface area is 215 Å². The van der Waals surface area contributed by atoms with Crippen LogP contribution >= 0.6 is 0 Å². The maximum atomic E-state index is 13.4. The molecule has 0 radical (unpaired) electrons. The minimum atomic E-state index is -1.23. The van der Waals surface area contributed by atoms with E-state index in [0.29, 0.717) is 0 Å². The molecule has 0 saturated carbocycles. The third-order valence-corrected chi connectivity index (χ3v) is 5.32. The van der Waals surface area contributed by atoms with E-state index in [1.807, 2.05) is 0 Å². The molecule has 0 fully saturated rings. The fourth-order valence-corrected chi connectivity index (χ4v) is 3.60. The van der Waals surface area contributed by atoms with Gasteiger partial charge in [-0.05, 0) is 36.2 Å². The Morgan fingerprint density at radius 3 is 2.13 bits per heavy atom. The number of nitro groups is 2. The summed E-state index contributed by atoms with van der Waals surface area (Å²) in [6.45, 7) is 8.33. The summed E-state index contributed by atoms with van der Waals surface area (Å²) >= 11 is 0. The number of nitrogens with zero attached hydrogens (tertiary/aromatic N) is 5. The van der Waals surface area contributed by atoms with Crippen molar-refractivity contribution in [3.05, 3.63) is 97.0 Å². The molecule has 38 heavy (non-hydrogen) atoms. The van der Waals surface area contributed by atoms with Crippen molar-refractivity contribution in [2.24, 2.45) is 4.99 Å². The van der Waals surface area contributed by atoms with Crippen molar-refractivity contribution in [1.82, 2.24) is 4.90 Å². The van der Waals surface area contributed by atoms with Gasteiger partial charge >= 0.3 is 18.1 Å². The van der Waals surface area contributed by atoms with E-state index in [1.54, 1.807) is 6.92 Å². The molecule has 1 aliphatic heterocycles. The first kappa shape index (κ1) is 27.3. The molecule has 1 aliphatic rings. The van der Waals surface area contributed by atoms with Crippen molar-refractivity contribution >= 4 is 29.5 Å². The summed E-state index contributed by atoms with van der Waals surface area (Å²) in [5, 5.41) is 22.1. The van der Waals surface area contributed by atoms with Gasteiger partial charge in [-0.25, -0.2) is 26.1 Å². The van der Waals surface area contributed by atoms with Gasteiger partial charge in [0, 0.05) is 24.3 Å². The lowest BCUT2D eigenvalue weighted by Crippen LogP contribution is -2.46. The van der Waals surface area contributed by atoms with Gasteiger partial charge in [0.2, 0.25) is 6.54 Å². The van der Waals surface area contributed by atoms with Crippen LogP contribution in [0.5, 0.6) is 5.75 Å². The number of rotatable bonds is 8. The highest BCUT2D eigenvalue weighted by atomic mass is 16.6. The first-order valence-electron chi connectivity index (χ1n) is 11.1. The molecule has 0 spiro atoms. The molecular formula is C24H21N5O9. The van der Waals surface area contributed by atoms with Crippen molar-refractivity contribution < 1.29 is 33.6 Å². The fourth-order valence-electron chi connectivity index (χ4n) is 3.60. The zero-order valence-corrected chi connectivity index (χ0v) is 20.2. The average Bonchev–Trinajstić information content (AvgIpc) is 2.92. The number of esters is 1. The predicted octanol–water partition coefficient (Wildman–Crippen LogP) is 4.19. The summed E-state index contributed by atoms with van der Waals surface area (Å²) < 4.78 is 16.0. The molecule has 196 valence electrons. The molecule has 2 aromatic rings. The summed E-state index contributed by atoms with van der Waals surface area (Å²) in [4.78, 5) is 55.9. The Bertz CT molecular complexity index is 1340. The van der Waals surface area contributed by atoms with Crippen LogP contribution < -0.4 is 4.74 Å². The first-order valence-corrected chi connectivity index (χ1v) is 11.1. The smallest absolute Gasteiger partial charge is 0.424 e. The number of benzene rings is 2. The van der Waals surface area contributed by atoms with Crippen LogP contribution in [-0.4, -0.2) is 53.1 Å². The van der Waals surface area contributed by atoms with Gasteiger partial charge in [0.15, 0.2) is 6.61 Å². The number of hydrogen-bond donors (Lipinski definition) is 0. The van der Waals surface area contributed by atoms with Crippen molar-refractivity contribution in [1.29, 1.82) is 0 Å². The Morgan fingerprint density at radius 2 is 1.63 bits per heavy atom. The van der Waals surface area contributed by atoms with Crippen LogP contribution in [-0.2, 0) is 14.3 Å². The average molecular weight is 523 g/mol. The molecule has 0 saturated heterocycles. The number of amidine groups is 1. The summed E-state index contributed by atoms with van der Waals surface area (Å²) in [7, 11) is 1.25. The summed E-state index contributed by atoms with van der Waals surface area (Å²) in [6, 6.07) is 8.43. The highest BCUT2D eigenvalue weighted by Gasteiger charge is 2.42. The van der Waals surface area contributed by atoms with E-state index in [1.165, 1.54) is 43.5 Å². The predicted molar refractivity (Wildman–Crippen MR) is 131 cm³/mol. The van der Waals surface area contributed by atoms with Crippen LogP contribution in [0.25, 0.3) is 4.85 Å². The second-order valence-corrected chi connectivity index (χ2v) is 7.57. The van der Waals surface area contributed by atoms with E-state index in [2.05, 4.69) is 9.84 Å². The number of carbonyl (C=O) groups is 2. The molecule has 0 aromatic heterocycles.